The molecule has 0 amide bonds. The van der Waals surface area contributed by atoms with Crippen LogP contribution in [0.2, 0.25) is 0 Å². The Morgan fingerprint density at radius 2 is 2.05 bits per heavy atom. The molecule has 1 saturated carbocycles. The molecule has 5 heteroatoms. The van der Waals surface area contributed by atoms with Crippen molar-refractivity contribution in [2.45, 2.75) is 52.5 Å². The first-order valence-electron chi connectivity index (χ1n) is 8.51. The molecule has 2 fully saturated rings. The zero-order chi connectivity index (χ0) is 14.4. The number of aliphatic imine (C=N–C) groups is 1. The van der Waals surface area contributed by atoms with Gasteiger partial charge < -0.3 is 10.2 Å². The zero-order valence-electron chi connectivity index (χ0n) is 14.0. The minimum Gasteiger partial charge on any atom is -0.357 e. The third-order valence-electron chi connectivity index (χ3n) is 4.41. The van der Waals surface area contributed by atoms with Crippen molar-refractivity contribution in [3.63, 3.8) is 0 Å². The van der Waals surface area contributed by atoms with Gasteiger partial charge in [0.1, 0.15) is 0 Å². The van der Waals surface area contributed by atoms with Crippen LogP contribution in [0.5, 0.6) is 0 Å². The molecule has 1 aliphatic carbocycles. The Morgan fingerprint density at radius 1 is 1.29 bits per heavy atom. The quantitative estimate of drug-likeness (QED) is 0.417. The summed E-state index contributed by atoms with van der Waals surface area (Å²) in [5, 5.41) is 3.47. The van der Waals surface area contributed by atoms with Gasteiger partial charge in [0.15, 0.2) is 5.96 Å². The molecule has 4 nitrogen and oxygen atoms in total. The topological polar surface area (TPSA) is 30.9 Å². The van der Waals surface area contributed by atoms with Gasteiger partial charge in [0.05, 0.1) is 6.54 Å². The van der Waals surface area contributed by atoms with Crippen molar-refractivity contribution >= 4 is 29.9 Å². The van der Waals surface area contributed by atoms with E-state index in [4.69, 9.17) is 4.99 Å². The third kappa shape index (κ3) is 6.30. The molecule has 0 aromatic carbocycles. The summed E-state index contributed by atoms with van der Waals surface area (Å²) in [6.07, 6.45) is 5.44. The summed E-state index contributed by atoms with van der Waals surface area (Å²) >= 11 is 0. The normalized spacial score (nSPS) is 23.1. The first kappa shape index (κ1) is 19.0. The van der Waals surface area contributed by atoms with Gasteiger partial charge in [-0.1, -0.05) is 13.8 Å². The highest BCUT2D eigenvalue weighted by Crippen LogP contribution is 2.26. The van der Waals surface area contributed by atoms with E-state index in [9.17, 15) is 0 Å². The van der Waals surface area contributed by atoms with Gasteiger partial charge in [-0.05, 0) is 45.1 Å². The van der Waals surface area contributed by atoms with Gasteiger partial charge in [-0.3, -0.25) is 9.89 Å². The van der Waals surface area contributed by atoms with Crippen molar-refractivity contribution in [1.29, 1.82) is 0 Å². The predicted octanol–water partition coefficient (Wildman–Crippen LogP) is 2.79. The lowest BCUT2D eigenvalue weighted by molar-refractivity contribution is 0.263. The molecular weight excluding hydrogens is 375 g/mol. The first-order valence-corrected chi connectivity index (χ1v) is 8.51. The van der Waals surface area contributed by atoms with Crippen LogP contribution in [0.4, 0.5) is 0 Å². The lowest BCUT2D eigenvalue weighted by atomic mass is 10.0. The van der Waals surface area contributed by atoms with E-state index in [1.165, 1.54) is 25.7 Å². The highest BCUT2D eigenvalue weighted by molar-refractivity contribution is 14.0. The molecule has 0 spiro atoms. The second-order valence-electron chi connectivity index (χ2n) is 6.29. The standard InChI is InChI=1S/C16H32N4.HI/c1-4-17-16(20-11-6-7-14(3)13-20)18-10-12-19(5-2)15-8-9-15;/h14-15H,4-13H2,1-3H3,(H,17,18);1H. The molecule has 0 aromatic heterocycles. The second-order valence-corrected chi connectivity index (χ2v) is 6.29. The molecule has 1 aliphatic heterocycles. The highest BCUT2D eigenvalue weighted by atomic mass is 127. The van der Waals surface area contributed by atoms with Crippen LogP contribution in [0.1, 0.15) is 46.5 Å². The highest BCUT2D eigenvalue weighted by Gasteiger charge is 2.27. The Balaban J connectivity index is 0.00000220. The summed E-state index contributed by atoms with van der Waals surface area (Å²) in [4.78, 5) is 9.88. The number of rotatable bonds is 6. The number of guanidine groups is 1. The van der Waals surface area contributed by atoms with Crippen LogP contribution in [0, 0.1) is 5.92 Å². The number of nitrogens with zero attached hydrogens (tertiary/aromatic N) is 3. The minimum absolute atomic E-state index is 0. The van der Waals surface area contributed by atoms with Crippen LogP contribution < -0.4 is 5.32 Å². The number of halogens is 1. The Hall–Kier alpha value is -0.0400. The van der Waals surface area contributed by atoms with Crippen molar-refractivity contribution in [3.8, 4) is 0 Å². The second kappa shape index (κ2) is 9.87. The summed E-state index contributed by atoms with van der Waals surface area (Å²) in [5.74, 6) is 1.93. The molecular formula is C16H33IN4. The maximum atomic E-state index is 4.86. The Bertz CT molecular complexity index is 317. The molecule has 124 valence electrons. The van der Waals surface area contributed by atoms with Crippen LogP contribution in [0.3, 0.4) is 0 Å². The Labute approximate surface area is 147 Å². The smallest absolute Gasteiger partial charge is 0.193 e. The van der Waals surface area contributed by atoms with Crippen molar-refractivity contribution in [2.75, 3.05) is 39.3 Å². The maximum Gasteiger partial charge on any atom is 0.193 e. The molecule has 1 saturated heterocycles. The van der Waals surface area contributed by atoms with Crippen molar-refractivity contribution in [3.05, 3.63) is 0 Å². The monoisotopic (exact) mass is 408 g/mol. The maximum absolute atomic E-state index is 4.86. The van der Waals surface area contributed by atoms with Gasteiger partial charge in [0.25, 0.3) is 0 Å². The van der Waals surface area contributed by atoms with Crippen molar-refractivity contribution < 1.29 is 0 Å². The molecule has 0 radical (unpaired) electrons. The molecule has 2 aliphatic rings. The van der Waals surface area contributed by atoms with E-state index < -0.39 is 0 Å². The SMILES string of the molecule is CCNC(=NCCN(CC)C1CC1)N1CCCC(C)C1.I. The Kier molecular flexibility index (Phi) is 8.94. The van der Waals surface area contributed by atoms with E-state index in [-0.39, 0.29) is 24.0 Å². The molecule has 1 unspecified atom stereocenters. The largest absolute Gasteiger partial charge is 0.357 e. The summed E-state index contributed by atoms with van der Waals surface area (Å²) in [5.41, 5.74) is 0. The molecule has 1 N–H and O–H groups in total. The third-order valence-corrected chi connectivity index (χ3v) is 4.41. The van der Waals surface area contributed by atoms with Crippen LogP contribution in [0.15, 0.2) is 4.99 Å². The van der Waals surface area contributed by atoms with E-state index in [0.29, 0.717) is 0 Å². The van der Waals surface area contributed by atoms with Gasteiger partial charge in [0.2, 0.25) is 0 Å². The lowest BCUT2D eigenvalue weighted by Gasteiger charge is -2.33. The average molecular weight is 408 g/mol. The van der Waals surface area contributed by atoms with E-state index in [1.807, 2.05) is 0 Å². The fourth-order valence-electron chi connectivity index (χ4n) is 3.13. The summed E-state index contributed by atoms with van der Waals surface area (Å²) in [7, 11) is 0. The fourth-order valence-corrected chi connectivity index (χ4v) is 3.13. The summed E-state index contributed by atoms with van der Waals surface area (Å²) < 4.78 is 0. The fraction of sp³-hybridized carbons (Fsp3) is 0.938. The number of piperidine rings is 1. The number of hydrogen-bond donors (Lipinski definition) is 1. The van der Waals surface area contributed by atoms with Crippen molar-refractivity contribution in [1.82, 2.24) is 15.1 Å². The van der Waals surface area contributed by atoms with Gasteiger partial charge in [0, 0.05) is 32.2 Å². The lowest BCUT2D eigenvalue weighted by Crippen LogP contribution is -2.46. The Morgan fingerprint density at radius 3 is 2.62 bits per heavy atom. The first-order chi connectivity index (χ1) is 9.74. The van der Waals surface area contributed by atoms with Crippen molar-refractivity contribution in [2.24, 2.45) is 10.9 Å². The molecule has 21 heavy (non-hydrogen) atoms. The number of hydrogen-bond acceptors (Lipinski definition) is 2. The summed E-state index contributed by atoms with van der Waals surface area (Å²) in [6, 6.07) is 0.854. The number of likely N-dealkylation sites (N-methyl/N-ethyl adjacent to an activating group) is 1. The van der Waals surface area contributed by atoms with Gasteiger partial charge >= 0.3 is 0 Å². The average Bonchev–Trinajstić information content (AvgIpc) is 3.27. The molecule has 0 aromatic rings. The van der Waals surface area contributed by atoms with Crippen LogP contribution >= 0.6 is 24.0 Å². The predicted molar refractivity (Wildman–Crippen MR) is 102 cm³/mol. The number of nitrogens with one attached hydrogen (secondary N) is 1. The van der Waals surface area contributed by atoms with E-state index in [1.54, 1.807) is 0 Å². The number of likely N-dealkylation sites (tertiary alicyclic amines) is 1. The van der Waals surface area contributed by atoms with Gasteiger partial charge in [-0.15, -0.1) is 24.0 Å². The van der Waals surface area contributed by atoms with E-state index >= 15 is 0 Å². The summed E-state index contributed by atoms with van der Waals surface area (Å²) in [6.45, 7) is 13.3. The molecule has 0 bridgehead atoms. The minimum atomic E-state index is 0. The van der Waals surface area contributed by atoms with Gasteiger partial charge in [-0.25, -0.2) is 0 Å². The van der Waals surface area contributed by atoms with E-state index in [2.05, 4.69) is 35.9 Å². The molecule has 2 rings (SSSR count). The van der Waals surface area contributed by atoms with E-state index in [0.717, 1.165) is 57.2 Å². The zero-order valence-corrected chi connectivity index (χ0v) is 16.3. The van der Waals surface area contributed by atoms with Gasteiger partial charge in [-0.2, -0.15) is 0 Å². The molecule has 1 atom stereocenters. The van der Waals surface area contributed by atoms with Crippen LogP contribution in [-0.4, -0.2) is 61.1 Å². The molecule has 1 heterocycles. The van der Waals surface area contributed by atoms with Crippen LogP contribution in [0.25, 0.3) is 0 Å². The van der Waals surface area contributed by atoms with Crippen LogP contribution in [-0.2, 0) is 0 Å².